The summed E-state index contributed by atoms with van der Waals surface area (Å²) in [5, 5.41) is 0. The van der Waals surface area contributed by atoms with Crippen LogP contribution in [0, 0.1) is 5.82 Å². The molecule has 1 aromatic carbocycles. The highest BCUT2D eigenvalue weighted by Gasteiger charge is 2.54. The predicted molar refractivity (Wildman–Crippen MR) is 69.3 cm³/mol. The minimum absolute atomic E-state index is 0.145. The van der Waals surface area contributed by atoms with Gasteiger partial charge in [0.15, 0.2) is 12.1 Å². The molecule has 0 saturated carbocycles. The van der Waals surface area contributed by atoms with E-state index >= 15 is 0 Å². The molecule has 0 amide bonds. The molecule has 0 radical (unpaired) electrons. The van der Waals surface area contributed by atoms with Gasteiger partial charge in [0.2, 0.25) is 0 Å². The SMILES string of the molecule is C[C@H]1O[C@@H]2OC(C)(C)O[C@@H]2[C@H]1OCc1ccccc1F. The van der Waals surface area contributed by atoms with E-state index in [2.05, 4.69) is 0 Å². The first kappa shape index (κ1) is 13.9. The first-order valence-corrected chi connectivity index (χ1v) is 6.82. The lowest BCUT2D eigenvalue weighted by atomic mass is 10.1. The molecule has 0 N–H and O–H groups in total. The third-order valence-corrected chi connectivity index (χ3v) is 3.61. The Labute approximate surface area is 117 Å². The van der Waals surface area contributed by atoms with Crippen LogP contribution in [-0.2, 0) is 25.6 Å². The van der Waals surface area contributed by atoms with Crippen LogP contribution in [0.4, 0.5) is 4.39 Å². The number of benzene rings is 1. The van der Waals surface area contributed by atoms with Crippen LogP contribution in [0.25, 0.3) is 0 Å². The maximum Gasteiger partial charge on any atom is 0.190 e. The molecule has 2 saturated heterocycles. The van der Waals surface area contributed by atoms with Crippen LogP contribution in [0.2, 0.25) is 0 Å². The number of hydrogen-bond donors (Lipinski definition) is 0. The Morgan fingerprint density at radius 3 is 2.75 bits per heavy atom. The monoisotopic (exact) mass is 282 g/mol. The normalized spacial score (nSPS) is 35.2. The molecular weight excluding hydrogens is 263 g/mol. The molecule has 0 bridgehead atoms. The second-order valence-corrected chi connectivity index (χ2v) is 5.68. The first-order chi connectivity index (χ1) is 9.46. The Balaban J connectivity index is 1.67. The standard InChI is InChI=1S/C15H19FO4/c1-9-12(13-14(18-9)20-15(2,3)19-13)17-8-10-6-4-5-7-11(10)16/h4-7,9,12-14H,8H2,1-3H3/t9-,12+,13-,14-/m1/s1. The highest BCUT2D eigenvalue weighted by atomic mass is 19.1. The lowest BCUT2D eigenvalue weighted by molar-refractivity contribution is -0.216. The molecule has 4 nitrogen and oxygen atoms in total. The summed E-state index contributed by atoms with van der Waals surface area (Å²) in [4.78, 5) is 0. The molecule has 2 fully saturated rings. The van der Waals surface area contributed by atoms with Gasteiger partial charge in [-0.25, -0.2) is 4.39 Å². The van der Waals surface area contributed by atoms with E-state index in [-0.39, 0.29) is 30.7 Å². The van der Waals surface area contributed by atoms with Gasteiger partial charge >= 0.3 is 0 Å². The van der Waals surface area contributed by atoms with Gasteiger partial charge in [-0.1, -0.05) is 18.2 Å². The van der Waals surface area contributed by atoms with Crippen molar-refractivity contribution in [3.63, 3.8) is 0 Å². The number of fused-ring (bicyclic) bond motifs is 1. The Hall–Kier alpha value is -1.01. The average molecular weight is 282 g/mol. The van der Waals surface area contributed by atoms with E-state index in [0.717, 1.165) is 0 Å². The minimum Gasteiger partial charge on any atom is -0.368 e. The van der Waals surface area contributed by atoms with Gasteiger partial charge in [0.1, 0.15) is 18.0 Å². The smallest absolute Gasteiger partial charge is 0.190 e. The summed E-state index contributed by atoms with van der Waals surface area (Å²) < 4.78 is 36.5. The Morgan fingerprint density at radius 2 is 2.00 bits per heavy atom. The van der Waals surface area contributed by atoms with Crippen molar-refractivity contribution in [3.05, 3.63) is 35.6 Å². The molecule has 4 atom stereocenters. The molecule has 20 heavy (non-hydrogen) atoms. The first-order valence-electron chi connectivity index (χ1n) is 6.82. The molecular formula is C15H19FO4. The van der Waals surface area contributed by atoms with Gasteiger partial charge in [0, 0.05) is 5.56 Å². The van der Waals surface area contributed by atoms with Crippen LogP contribution in [0.5, 0.6) is 0 Å². The number of rotatable bonds is 3. The molecule has 0 aliphatic carbocycles. The molecule has 0 aromatic heterocycles. The second-order valence-electron chi connectivity index (χ2n) is 5.68. The van der Waals surface area contributed by atoms with E-state index in [1.165, 1.54) is 6.07 Å². The highest BCUT2D eigenvalue weighted by Crippen LogP contribution is 2.38. The van der Waals surface area contributed by atoms with Crippen LogP contribution >= 0.6 is 0 Å². The summed E-state index contributed by atoms with van der Waals surface area (Å²) >= 11 is 0. The maximum absolute atomic E-state index is 13.6. The van der Waals surface area contributed by atoms with Crippen molar-refractivity contribution in [1.82, 2.24) is 0 Å². The quantitative estimate of drug-likeness (QED) is 0.854. The van der Waals surface area contributed by atoms with Gasteiger partial charge in [-0.2, -0.15) is 0 Å². The lowest BCUT2D eigenvalue weighted by Gasteiger charge is -2.24. The summed E-state index contributed by atoms with van der Waals surface area (Å²) in [6.07, 6.45) is -1.09. The van der Waals surface area contributed by atoms with Gasteiger partial charge in [0.05, 0.1) is 12.7 Å². The van der Waals surface area contributed by atoms with Crippen molar-refractivity contribution in [3.8, 4) is 0 Å². The van der Waals surface area contributed by atoms with E-state index < -0.39 is 12.1 Å². The van der Waals surface area contributed by atoms with Crippen molar-refractivity contribution in [2.75, 3.05) is 0 Å². The molecule has 2 heterocycles. The van der Waals surface area contributed by atoms with Gasteiger partial charge in [-0.3, -0.25) is 0 Å². The van der Waals surface area contributed by atoms with Gasteiger partial charge in [-0.05, 0) is 26.8 Å². The third-order valence-electron chi connectivity index (χ3n) is 3.61. The molecule has 3 rings (SSSR count). The summed E-state index contributed by atoms with van der Waals surface area (Å²) in [6.45, 7) is 5.78. The largest absolute Gasteiger partial charge is 0.368 e. The molecule has 2 aliphatic heterocycles. The van der Waals surface area contributed by atoms with Crippen molar-refractivity contribution in [1.29, 1.82) is 0 Å². The Bertz CT molecular complexity index is 491. The van der Waals surface area contributed by atoms with Gasteiger partial charge in [-0.15, -0.1) is 0 Å². The summed E-state index contributed by atoms with van der Waals surface area (Å²) in [5.74, 6) is -0.936. The van der Waals surface area contributed by atoms with Crippen molar-refractivity contribution >= 4 is 0 Å². The van der Waals surface area contributed by atoms with Crippen molar-refractivity contribution < 1.29 is 23.3 Å². The fourth-order valence-corrected chi connectivity index (χ4v) is 2.67. The van der Waals surface area contributed by atoms with Crippen LogP contribution in [0.1, 0.15) is 26.3 Å². The minimum atomic E-state index is -0.672. The van der Waals surface area contributed by atoms with Crippen LogP contribution < -0.4 is 0 Å². The van der Waals surface area contributed by atoms with Crippen molar-refractivity contribution in [2.45, 2.75) is 57.8 Å². The van der Waals surface area contributed by atoms with E-state index in [4.69, 9.17) is 18.9 Å². The van der Waals surface area contributed by atoms with Crippen LogP contribution in [-0.4, -0.2) is 30.4 Å². The molecule has 0 spiro atoms. The van der Waals surface area contributed by atoms with E-state index in [1.807, 2.05) is 20.8 Å². The average Bonchev–Trinajstić information content (AvgIpc) is 2.80. The lowest BCUT2D eigenvalue weighted by Crippen LogP contribution is -2.35. The fraction of sp³-hybridized carbons (Fsp3) is 0.600. The predicted octanol–water partition coefficient (Wildman–Crippen LogP) is 2.61. The highest BCUT2D eigenvalue weighted by molar-refractivity contribution is 5.16. The molecule has 2 aliphatic rings. The fourth-order valence-electron chi connectivity index (χ4n) is 2.67. The molecule has 110 valence electrons. The van der Waals surface area contributed by atoms with Crippen LogP contribution in [0.3, 0.4) is 0 Å². The van der Waals surface area contributed by atoms with E-state index in [1.54, 1.807) is 18.2 Å². The molecule has 1 aromatic rings. The zero-order valence-electron chi connectivity index (χ0n) is 11.8. The number of hydrogen-bond acceptors (Lipinski definition) is 4. The summed E-state index contributed by atoms with van der Waals surface area (Å²) in [5.41, 5.74) is 0.529. The van der Waals surface area contributed by atoms with Crippen molar-refractivity contribution in [2.24, 2.45) is 0 Å². The molecule has 5 heteroatoms. The topological polar surface area (TPSA) is 36.9 Å². The number of halogens is 1. The Kier molecular flexibility index (Phi) is 3.54. The second kappa shape index (κ2) is 5.07. The van der Waals surface area contributed by atoms with Gasteiger partial charge < -0.3 is 18.9 Å². The number of ether oxygens (including phenoxy) is 4. The third kappa shape index (κ3) is 2.59. The zero-order chi connectivity index (χ0) is 14.3. The summed E-state index contributed by atoms with van der Waals surface area (Å²) in [7, 11) is 0. The van der Waals surface area contributed by atoms with Gasteiger partial charge in [0.25, 0.3) is 0 Å². The van der Waals surface area contributed by atoms with E-state index in [0.29, 0.717) is 5.56 Å². The zero-order valence-corrected chi connectivity index (χ0v) is 11.8. The Morgan fingerprint density at radius 1 is 1.25 bits per heavy atom. The summed E-state index contributed by atoms with van der Waals surface area (Å²) in [6, 6.07) is 6.58. The maximum atomic E-state index is 13.6. The van der Waals surface area contributed by atoms with E-state index in [9.17, 15) is 4.39 Å². The molecule has 0 unspecified atom stereocenters. The van der Waals surface area contributed by atoms with Crippen LogP contribution in [0.15, 0.2) is 24.3 Å².